The van der Waals surface area contributed by atoms with Crippen molar-refractivity contribution < 1.29 is 9.32 Å². The minimum absolute atomic E-state index is 0. The second-order valence-electron chi connectivity index (χ2n) is 6.02. The number of aromatic nitrogens is 2. The number of hydrogen-bond acceptors (Lipinski definition) is 5. The lowest BCUT2D eigenvalue weighted by molar-refractivity contribution is 0.0748. The van der Waals surface area contributed by atoms with Crippen molar-refractivity contribution in [2.75, 3.05) is 13.1 Å². The average Bonchev–Trinajstić information content (AvgIpc) is 3.01. The van der Waals surface area contributed by atoms with E-state index >= 15 is 0 Å². The molecule has 2 aromatic rings. The van der Waals surface area contributed by atoms with Gasteiger partial charge in [0.05, 0.1) is 16.6 Å². The van der Waals surface area contributed by atoms with Crippen LogP contribution in [0.4, 0.5) is 0 Å². The molecule has 2 atom stereocenters. The van der Waals surface area contributed by atoms with Crippen molar-refractivity contribution >= 4 is 29.4 Å². The molecule has 4 rings (SSSR count). The van der Waals surface area contributed by atoms with Crippen molar-refractivity contribution in [1.82, 2.24) is 20.4 Å². The minimum atomic E-state index is 0. The molecule has 0 saturated carbocycles. The van der Waals surface area contributed by atoms with E-state index in [1.165, 1.54) is 6.42 Å². The first-order valence-corrected chi connectivity index (χ1v) is 7.48. The Balaban J connectivity index is 0.00000144. The van der Waals surface area contributed by atoms with Crippen LogP contribution in [-0.4, -0.2) is 46.1 Å². The summed E-state index contributed by atoms with van der Waals surface area (Å²) >= 11 is 0. The van der Waals surface area contributed by atoms with Crippen LogP contribution in [0.25, 0.3) is 11.1 Å². The number of nitrogens with one attached hydrogen (secondary N) is 1. The second-order valence-corrected chi connectivity index (χ2v) is 6.02. The second kappa shape index (κ2) is 5.85. The van der Waals surface area contributed by atoms with Crippen LogP contribution in [0.15, 0.2) is 16.8 Å². The molecule has 4 heterocycles. The van der Waals surface area contributed by atoms with Crippen LogP contribution in [0.2, 0.25) is 0 Å². The number of carbonyl (C=O) groups excluding carboxylic acids is 1. The smallest absolute Gasteiger partial charge is 0.257 e. The van der Waals surface area contributed by atoms with E-state index in [1.807, 2.05) is 17.9 Å². The molecule has 22 heavy (non-hydrogen) atoms. The molecule has 7 heteroatoms. The first-order valence-electron chi connectivity index (χ1n) is 7.48. The van der Waals surface area contributed by atoms with Crippen LogP contribution in [0, 0.1) is 6.92 Å². The Hall–Kier alpha value is -1.66. The van der Waals surface area contributed by atoms with Crippen LogP contribution in [-0.2, 0) is 0 Å². The summed E-state index contributed by atoms with van der Waals surface area (Å²) in [5, 5.41) is 8.29. The molecule has 118 valence electrons. The third-order valence-corrected chi connectivity index (χ3v) is 4.57. The summed E-state index contributed by atoms with van der Waals surface area (Å²) in [6.07, 6.45) is 5.02. The van der Waals surface area contributed by atoms with Gasteiger partial charge in [-0.25, -0.2) is 4.98 Å². The predicted octanol–water partition coefficient (Wildman–Crippen LogP) is 1.92. The Kier molecular flexibility index (Phi) is 4.06. The predicted molar refractivity (Wildman–Crippen MR) is 84.3 cm³/mol. The van der Waals surface area contributed by atoms with Crippen LogP contribution in [0.1, 0.15) is 35.3 Å². The third kappa shape index (κ3) is 2.57. The summed E-state index contributed by atoms with van der Waals surface area (Å²) in [5.41, 5.74) is 1.87. The van der Waals surface area contributed by atoms with Gasteiger partial charge in [-0.15, -0.1) is 12.4 Å². The maximum Gasteiger partial charge on any atom is 0.257 e. The number of likely N-dealkylation sites (tertiary alicyclic amines) is 1. The van der Waals surface area contributed by atoms with Crippen molar-refractivity contribution in [3.05, 3.63) is 23.5 Å². The standard InChI is InChI=1S/C15H18N4O2.ClH/c1-9-13-6-10(7-16-14(13)21-18-9)15(20)19-5-4-11-2-3-12(8-19)17-11;/h6-7,11-12,17H,2-5,8H2,1H3;1H. The van der Waals surface area contributed by atoms with E-state index in [0.717, 1.165) is 37.0 Å². The molecule has 1 amide bonds. The molecular weight excluding hydrogens is 304 g/mol. The highest BCUT2D eigenvalue weighted by molar-refractivity contribution is 5.97. The van der Waals surface area contributed by atoms with Crippen LogP contribution >= 0.6 is 12.4 Å². The van der Waals surface area contributed by atoms with E-state index < -0.39 is 0 Å². The van der Waals surface area contributed by atoms with Gasteiger partial charge in [0.25, 0.3) is 11.6 Å². The molecule has 0 spiro atoms. The summed E-state index contributed by atoms with van der Waals surface area (Å²) < 4.78 is 5.09. The van der Waals surface area contributed by atoms with Gasteiger partial charge in [0.15, 0.2) is 0 Å². The molecule has 1 N–H and O–H groups in total. The molecule has 0 aliphatic carbocycles. The largest absolute Gasteiger partial charge is 0.337 e. The normalized spacial score (nSPS) is 24.1. The van der Waals surface area contributed by atoms with Crippen molar-refractivity contribution in [2.45, 2.75) is 38.3 Å². The Labute approximate surface area is 134 Å². The number of rotatable bonds is 1. The van der Waals surface area contributed by atoms with E-state index in [4.69, 9.17) is 4.52 Å². The summed E-state index contributed by atoms with van der Waals surface area (Å²) in [7, 11) is 0. The lowest BCUT2D eigenvalue weighted by Crippen LogP contribution is -2.39. The number of pyridine rings is 1. The first-order chi connectivity index (χ1) is 10.2. The van der Waals surface area contributed by atoms with Crippen molar-refractivity contribution in [2.24, 2.45) is 0 Å². The maximum absolute atomic E-state index is 12.7. The SMILES string of the molecule is Cc1noc2ncc(C(=O)N3CCC4CCC(C3)N4)cc12.Cl. The molecular formula is C15H19ClN4O2. The number of carbonyl (C=O) groups is 1. The molecule has 0 aromatic carbocycles. The fourth-order valence-corrected chi connectivity index (χ4v) is 3.37. The van der Waals surface area contributed by atoms with E-state index in [2.05, 4.69) is 15.5 Å². The maximum atomic E-state index is 12.7. The zero-order chi connectivity index (χ0) is 14.4. The van der Waals surface area contributed by atoms with Gasteiger partial charge in [0.2, 0.25) is 0 Å². The van der Waals surface area contributed by atoms with Crippen molar-refractivity contribution in [3.8, 4) is 0 Å². The van der Waals surface area contributed by atoms with Gasteiger partial charge >= 0.3 is 0 Å². The van der Waals surface area contributed by atoms with E-state index in [1.54, 1.807) is 6.20 Å². The van der Waals surface area contributed by atoms with Gasteiger partial charge < -0.3 is 14.7 Å². The van der Waals surface area contributed by atoms with Gasteiger partial charge in [-0.3, -0.25) is 4.79 Å². The Morgan fingerprint density at radius 3 is 3.05 bits per heavy atom. The van der Waals surface area contributed by atoms with E-state index in [-0.39, 0.29) is 18.3 Å². The molecule has 2 aromatic heterocycles. The van der Waals surface area contributed by atoms with Gasteiger partial charge in [0, 0.05) is 31.4 Å². The highest BCUT2D eigenvalue weighted by Gasteiger charge is 2.31. The Bertz CT molecular complexity index is 702. The molecule has 2 saturated heterocycles. The fourth-order valence-electron chi connectivity index (χ4n) is 3.37. The zero-order valence-electron chi connectivity index (χ0n) is 12.4. The average molecular weight is 323 g/mol. The first kappa shape index (κ1) is 15.2. The van der Waals surface area contributed by atoms with Gasteiger partial charge in [-0.1, -0.05) is 5.16 Å². The summed E-state index contributed by atoms with van der Waals surface area (Å²) in [5.74, 6) is 0.0550. The van der Waals surface area contributed by atoms with Gasteiger partial charge in [-0.05, 0) is 32.3 Å². The highest BCUT2D eigenvalue weighted by Crippen LogP contribution is 2.23. The van der Waals surface area contributed by atoms with E-state index in [9.17, 15) is 4.79 Å². The molecule has 2 aliphatic heterocycles. The lowest BCUT2D eigenvalue weighted by Gasteiger charge is -2.24. The quantitative estimate of drug-likeness (QED) is 0.868. The number of hydrogen-bond donors (Lipinski definition) is 1. The Morgan fingerprint density at radius 1 is 1.36 bits per heavy atom. The van der Waals surface area contributed by atoms with E-state index in [0.29, 0.717) is 23.4 Å². The topological polar surface area (TPSA) is 71.3 Å². The number of nitrogens with zero attached hydrogens (tertiary/aromatic N) is 3. The number of amides is 1. The zero-order valence-corrected chi connectivity index (χ0v) is 13.2. The molecule has 2 fully saturated rings. The third-order valence-electron chi connectivity index (χ3n) is 4.57. The molecule has 6 nitrogen and oxygen atoms in total. The number of fused-ring (bicyclic) bond motifs is 3. The monoisotopic (exact) mass is 322 g/mol. The molecule has 2 bridgehead atoms. The minimum Gasteiger partial charge on any atom is -0.337 e. The van der Waals surface area contributed by atoms with Crippen LogP contribution < -0.4 is 5.32 Å². The molecule has 0 radical (unpaired) electrons. The summed E-state index contributed by atoms with van der Waals surface area (Å²) in [6, 6.07) is 2.86. The van der Waals surface area contributed by atoms with Crippen LogP contribution in [0.3, 0.4) is 0 Å². The van der Waals surface area contributed by atoms with Gasteiger partial charge in [0.1, 0.15) is 0 Å². The summed E-state index contributed by atoms with van der Waals surface area (Å²) in [6.45, 7) is 3.46. The highest BCUT2D eigenvalue weighted by atomic mass is 35.5. The fraction of sp³-hybridized carbons (Fsp3) is 0.533. The van der Waals surface area contributed by atoms with Crippen molar-refractivity contribution in [1.29, 1.82) is 0 Å². The van der Waals surface area contributed by atoms with Crippen LogP contribution in [0.5, 0.6) is 0 Å². The van der Waals surface area contributed by atoms with Crippen molar-refractivity contribution in [3.63, 3.8) is 0 Å². The number of halogens is 1. The number of aryl methyl sites for hydroxylation is 1. The summed E-state index contributed by atoms with van der Waals surface area (Å²) in [4.78, 5) is 18.9. The Morgan fingerprint density at radius 2 is 2.18 bits per heavy atom. The van der Waals surface area contributed by atoms with Gasteiger partial charge in [-0.2, -0.15) is 0 Å². The molecule has 2 aliphatic rings. The molecule has 2 unspecified atom stereocenters. The lowest BCUT2D eigenvalue weighted by atomic mass is 10.1.